The Labute approximate surface area is 144 Å². The molecule has 0 spiro atoms. The van der Waals surface area contributed by atoms with E-state index in [0.29, 0.717) is 17.3 Å². The van der Waals surface area contributed by atoms with Gasteiger partial charge in [0.05, 0.1) is 14.2 Å². The van der Waals surface area contributed by atoms with Gasteiger partial charge in [-0.25, -0.2) is 9.37 Å². The first-order valence-corrected chi connectivity index (χ1v) is 7.59. The molecule has 6 nitrogen and oxygen atoms in total. The first-order chi connectivity index (χ1) is 12.2. The van der Waals surface area contributed by atoms with E-state index in [1.54, 1.807) is 26.5 Å². The van der Waals surface area contributed by atoms with Crippen molar-refractivity contribution in [2.45, 2.75) is 0 Å². The van der Waals surface area contributed by atoms with Crippen LogP contribution in [0.25, 0.3) is 22.6 Å². The van der Waals surface area contributed by atoms with Crippen LogP contribution in [-0.4, -0.2) is 37.5 Å². The van der Waals surface area contributed by atoms with Crippen molar-refractivity contribution in [1.29, 1.82) is 0 Å². The van der Waals surface area contributed by atoms with E-state index in [1.165, 1.54) is 0 Å². The van der Waals surface area contributed by atoms with Crippen molar-refractivity contribution in [3.63, 3.8) is 0 Å². The molecule has 0 N–H and O–H groups in total. The molecule has 0 atom stereocenters. The molecular weight excluding hydrogens is 327 g/mol. The predicted molar refractivity (Wildman–Crippen MR) is 89.7 cm³/mol. The van der Waals surface area contributed by atoms with Crippen LogP contribution >= 0.6 is 0 Å². The van der Waals surface area contributed by atoms with Gasteiger partial charge in [-0.05, 0) is 30.3 Å². The molecule has 0 unspecified atom stereocenters. The maximum absolute atomic E-state index is 12.4. The number of ether oxygens (including phenoxy) is 3. The number of halogens is 1. The van der Waals surface area contributed by atoms with Crippen LogP contribution in [0.2, 0.25) is 0 Å². The number of aromatic nitrogens is 2. The van der Waals surface area contributed by atoms with Crippen molar-refractivity contribution >= 4 is 0 Å². The van der Waals surface area contributed by atoms with E-state index in [9.17, 15) is 4.39 Å². The lowest BCUT2D eigenvalue weighted by atomic mass is 10.1. The summed E-state index contributed by atoms with van der Waals surface area (Å²) in [7, 11) is 3.14. The highest BCUT2D eigenvalue weighted by Gasteiger charge is 2.18. The molecule has 0 aliphatic rings. The molecule has 0 radical (unpaired) electrons. The summed E-state index contributed by atoms with van der Waals surface area (Å²) >= 11 is 0. The SMILES string of the molecule is COc1ccc(-c2oc(OCCF)nc2-c2ccc(OC)nc2)cc1. The van der Waals surface area contributed by atoms with Crippen LogP contribution in [0.1, 0.15) is 0 Å². The Hall–Kier alpha value is -3.09. The molecule has 7 heteroatoms. The highest BCUT2D eigenvalue weighted by Crippen LogP contribution is 2.36. The van der Waals surface area contributed by atoms with Crippen molar-refractivity contribution in [3.05, 3.63) is 42.6 Å². The van der Waals surface area contributed by atoms with Crippen LogP contribution in [0.15, 0.2) is 47.0 Å². The molecule has 130 valence electrons. The van der Waals surface area contributed by atoms with Gasteiger partial charge in [0.15, 0.2) is 5.76 Å². The van der Waals surface area contributed by atoms with E-state index in [-0.39, 0.29) is 12.7 Å². The number of hydrogen-bond acceptors (Lipinski definition) is 6. The first-order valence-electron chi connectivity index (χ1n) is 7.59. The van der Waals surface area contributed by atoms with E-state index >= 15 is 0 Å². The van der Waals surface area contributed by atoms with E-state index in [1.807, 2.05) is 30.3 Å². The number of hydrogen-bond donors (Lipinski definition) is 0. The lowest BCUT2D eigenvalue weighted by Gasteiger charge is -2.04. The molecule has 2 heterocycles. The minimum atomic E-state index is -0.625. The third kappa shape index (κ3) is 3.71. The van der Waals surface area contributed by atoms with E-state index in [4.69, 9.17) is 18.6 Å². The molecule has 0 saturated heterocycles. The van der Waals surface area contributed by atoms with Crippen molar-refractivity contribution in [2.24, 2.45) is 0 Å². The Kier molecular flexibility index (Phi) is 5.13. The average Bonchev–Trinajstić information content (AvgIpc) is 3.10. The summed E-state index contributed by atoms with van der Waals surface area (Å²) in [6.45, 7) is -0.747. The largest absolute Gasteiger partial charge is 0.497 e. The molecular formula is C18H17FN2O4. The summed E-state index contributed by atoms with van der Waals surface area (Å²) < 4.78 is 33.5. The van der Waals surface area contributed by atoms with Crippen LogP contribution < -0.4 is 14.2 Å². The van der Waals surface area contributed by atoms with Gasteiger partial charge in [-0.2, -0.15) is 4.98 Å². The number of benzene rings is 1. The Morgan fingerprint density at radius 3 is 2.36 bits per heavy atom. The van der Waals surface area contributed by atoms with Gasteiger partial charge in [-0.1, -0.05) is 0 Å². The van der Waals surface area contributed by atoms with Gasteiger partial charge < -0.3 is 18.6 Å². The number of nitrogens with zero attached hydrogens (tertiary/aromatic N) is 2. The molecule has 0 aliphatic carbocycles. The summed E-state index contributed by atoms with van der Waals surface area (Å²) in [4.78, 5) is 8.51. The van der Waals surface area contributed by atoms with E-state index in [2.05, 4.69) is 9.97 Å². The highest BCUT2D eigenvalue weighted by atomic mass is 19.1. The Morgan fingerprint density at radius 1 is 1.00 bits per heavy atom. The van der Waals surface area contributed by atoms with Crippen LogP contribution in [0.4, 0.5) is 4.39 Å². The van der Waals surface area contributed by atoms with Crippen LogP contribution in [-0.2, 0) is 0 Å². The molecule has 2 aromatic heterocycles. The quantitative estimate of drug-likeness (QED) is 0.650. The average molecular weight is 344 g/mol. The van der Waals surface area contributed by atoms with Gasteiger partial charge in [0.25, 0.3) is 0 Å². The minimum absolute atomic E-state index is 0.00860. The number of oxazole rings is 1. The molecule has 0 bridgehead atoms. The molecule has 0 amide bonds. The minimum Gasteiger partial charge on any atom is -0.497 e. The van der Waals surface area contributed by atoms with Crippen LogP contribution in [0.3, 0.4) is 0 Å². The lowest BCUT2D eigenvalue weighted by molar-refractivity contribution is 0.210. The van der Waals surface area contributed by atoms with Crippen LogP contribution in [0.5, 0.6) is 17.7 Å². The number of methoxy groups -OCH3 is 2. The third-order valence-electron chi connectivity index (χ3n) is 3.48. The summed E-state index contributed by atoms with van der Waals surface area (Å²) in [5, 5.41) is 0. The molecule has 25 heavy (non-hydrogen) atoms. The number of rotatable bonds is 7. The Bertz CT molecular complexity index is 751. The molecule has 0 saturated carbocycles. The van der Waals surface area contributed by atoms with E-state index in [0.717, 1.165) is 16.9 Å². The maximum Gasteiger partial charge on any atom is 0.394 e. The molecule has 3 aromatic rings. The second kappa shape index (κ2) is 7.65. The second-order valence-electron chi connectivity index (χ2n) is 5.01. The van der Waals surface area contributed by atoms with Crippen molar-refractivity contribution in [3.8, 4) is 40.3 Å². The Balaban J connectivity index is 2.02. The summed E-state index contributed by atoms with van der Waals surface area (Å²) in [6, 6.07) is 10.9. The van der Waals surface area contributed by atoms with Gasteiger partial charge in [0.2, 0.25) is 5.88 Å². The summed E-state index contributed by atoms with van der Waals surface area (Å²) in [6.07, 6.45) is 1.64. The van der Waals surface area contributed by atoms with Crippen molar-refractivity contribution in [2.75, 3.05) is 27.5 Å². The van der Waals surface area contributed by atoms with Crippen molar-refractivity contribution in [1.82, 2.24) is 9.97 Å². The van der Waals surface area contributed by atoms with Gasteiger partial charge >= 0.3 is 6.08 Å². The van der Waals surface area contributed by atoms with Crippen LogP contribution in [0, 0.1) is 0 Å². The predicted octanol–water partition coefficient (Wildman–Crippen LogP) is 3.77. The zero-order valence-corrected chi connectivity index (χ0v) is 13.9. The highest BCUT2D eigenvalue weighted by molar-refractivity contribution is 5.77. The first kappa shape index (κ1) is 16.8. The number of alkyl halides is 1. The lowest BCUT2D eigenvalue weighted by Crippen LogP contribution is -1.98. The fraction of sp³-hybridized carbons (Fsp3) is 0.222. The topological polar surface area (TPSA) is 66.6 Å². The summed E-state index contributed by atoms with van der Waals surface area (Å²) in [5.41, 5.74) is 2.06. The van der Waals surface area contributed by atoms with Gasteiger partial charge in [0.1, 0.15) is 24.7 Å². The van der Waals surface area contributed by atoms with Crippen molar-refractivity contribution < 1.29 is 23.0 Å². The molecule has 3 rings (SSSR count). The van der Waals surface area contributed by atoms with E-state index < -0.39 is 6.67 Å². The monoisotopic (exact) mass is 344 g/mol. The maximum atomic E-state index is 12.4. The van der Waals surface area contributed by atoms with Gasteiger partial charge in [-0.15, -0.1) is 0 Å². The Morgan fingerprint density at radius 2 is 1.76 bits per heavy atom. The normalized spacial score (nSPS) is 10.5. The molecule has 1 aromatic carbocycles. The third-order valence-corrected chi connectivity index (χ3v) is 3.48. The standard InChI is InChI=1S/C18H17FN2O4/c1-22-14-6-3-12(4-7-14)17-16(21-18(25-17)24-10-9-19)13-5-8-15(23-2)20-11-13/h3-8,11H,9-10H2,1-2H3. The smallest absolute Gasteiger partial charge is 0.394 e. The fourth-order valence-electron chi connectivity index (χ4n) is 2.26. The summed E-state index contributed by atoms with van der Waals surface area (Å²) in [5.74, 6) is 1.72. The van der Waals surface area contributed by atoms with Gasteiger partial charge in [-0.3, -0.25) is 0 Å². The fourth-order valence-corrected chi connectivity index (χ4v) is 2.26. The second-order valence-corrected chi connectivity index (χ2v) is 5.01. The van der Waals surface area contributed by atoms with Gasteiger partial charge in [0, 0.05) is 23.4 Å². The zero-order valence-electron chi connectivity index (χ0n) is 13.9. The molecule has 0 fully saturated rings. The molecule has 0 aliphatic heterocycles. The zero-order chi connectivity index (χ0) is 17.6. The number of pyridine rings is 1.